The van der Waals surface area contributed by atoms with Crippen LogP contribution in [0.25, 0.3) is 11.1 Å². The standard InChI is InChI=1S/C15H13N3O3/c1-9-4-2-3-5-11(9)17-14(19)16-10-6-7-12-13(8-10)21-15(20)18-12/h2-8H,1H3,(H,18,20)(H2,16,17,19). The summed E-state index contributed by atoms with van der Waals surface area (Å²) < 4.78 is 4.94. The Kier molecular flexibility index (Phi) is 3.19. The SMILES string of the molecule is Cc1ccccc1NC(=O)Nc1ccc2[nH]c(=O)oc2c1. The summed E-state index contributed by atoms with van der Waals surface area (Å²) in [5.74, 6) is -0.522. The number of oxazole rings is 1. The molecule has 0 fully saturated rings. The summed E-state index contributed by atoms with van der Waals surface area (Å²) in [4.78, 5) is 25.6. The van der Waals surface area contributed by atoms with Crippen molar-refractivity contribution in [3.05, 3.63) is 58.6 Å². The number of aromatic amines is 1. The Labute approximate surface area is 119 Å². The molecule has 3 N–H and O–H groups in total. The van der Waals surface area contributed by atoms with E-state index in [4.69, 9.17) is 4.42 Å². The number of hydrogen-bond donors (Lipinski definition) is 3. The van der Waals surface area contributed by atoms with Gasteiger partial charge in [-0.15, -0.1) is 0 Å². The van der Waals surface area contributed by atoms with E-state index in [9.17, 15) is 9.59 Å². The quantitative estimate of drug-likeness (QED) is 0.675. The van der Waals surface area contributed by atoms with Crippen LogP contribution in [0.1, 0.15) is 5.56 Å². The molecule has 0 aliphatic carbocycles. The maximum absolute atomic E-state index is 12.0. The molecule has 1 aromatic heterocycles. The van der Waals surface area contributed by atoms with Crippen LogP contribution in [0.4, 0.5) is 16.2 Å². The third-order valence-corrected chi connectivity index (χ3v) is 3.07. The number of amides is 2. The lowest BCUT2D eigenvalue weighted by Crippen LogP contribution is -2.19. The van der Waals surface area contributed by atoms with Gasteiger partial charge in [-0.05, 0) is 30.7 Å². The molecule has 6 nitrogen and oxygen atoms in total. The topological polar surface area (TPSA) is 87.1 Å². The lowest BCUT2D eigenvalue weighted by atomic mass is 10.2. The molecular formula is C15H13N3O3. The third kappa shape index (κ3) is 2.79. The number of rotatable bonds is 2. The summed E-state index contributed by atoms with van der Waals surface area (Å²) in [5.41, 5.74) is 3.24. The van der Waals surface area contributed by atoms with E-state index < -0.39 is 5.76 Å². The van der Waals surface area contributed by atoms with Crippen molar-refractivity contribution in [2.45, 2.75) is 6.92 Å². The first kappa shape index (κ1) is 13.0. The van der Waals surface area contributed by atoms with Crippen LogP contribution in [0.5, 0.6) is 0 Å². The van der Waals surface area contributed by atoms with Crippen molar-refractivity contribution in [2.75, 3.05) is 10.6 Å². The van der Waals surface area contributed by atoms with Crippen molar-refractivity contribution in [3.8, 4) is 0 Å². The van der Waals surface area contributed by atoms with Gasteiger partial charge < -0.3 is 15.1 Å². The summed E-state index contributed by atoms with van der Waals surface area (Å²) in [6.45, 7) is 1.91. The van der Waals surface area contributed by atoms with Gasteiger partial charge in [0.15, 0.2) is 5.58 Å². The Balaban J connectivity index is 1.77. The number of anilines is 2. The van der Waals surface area contributed by atoms with E-state index in [0.29, 0.717) is 16.8 Å². The van der Waals surface area contributed by atoms with Crippen LogP contribution in [-0.2, 0) is 0 Å². The van der Waals surface area contributed by atoms with Gasteiger partial charge in [0.25, 0.3) is 0 Å². The fourth-order valence-corrected chi connectivity index (χ4v) is 2.02. The summed E-state index contributed by atoms with van der Waals surface area (Å²) in [5, 5.41) is 5.45. The number of carbonyl (C=O) groups is 1. The minimum Gasteiger partial charge on any atom is -0.408 e. The van der Waals surface area contributed by atoms with Gasteiger partial charge in [-0.2, -0.15) is 0 Å². The molecule has 0 aliphatic rings. The highest BCUT2D eigenvalue weighted by Gasteiger charge is 2.06. The molecule has 0 bridgehead atoms. The van der Waals surface area contributed by atoms with Crippen molar-refractivity contribution in [1.29, 1.82) is 0 Å². The predicted octanol–water partition coefficient (Wildman–Crippen LogP) is 3.07. The summed E-state index contributed by atoms with van der Waals surface area (Å²) in [6, 6.07) is 12.1. The Morgan fingerprint density at radius 1 is 1.14 bits per heavy atom. The van der Waals surface area contributed by atoms with Crippen molar-refractivity contribution in [1.82, 2.24) is 4.98 Å². The molecule has 1 heterocycles. The van der Waals surface area contributed by atoms with Crippen LogP contribution < -0.4 is 16.4 Å². The van der Waals surface area contributed by atoms with Gasteiger partial charge in [0.2, 0.25) is 0 Å². The second kappa shape index (κ2) is 5.16. The van der Waals surface area contributed by atoms with Crippen molar-refractivity contribution in [2.24, 2.45) is 0 Å². The molecule has 0 radical (unpaired) electrons. The Bertz CT molecular complexity index is 864. The molecule has 2 aromatic carbocycles. The number of para-hydroxylation sites is 1. The van der Waals surface area contributed by atoms with E-state index >= 15 is 0 Å². The first-order valence-corrected chi connectivity index (χ1v) is 6.38. The molecule has 106 valence electrons. The van der Waals surface area contributed by atoms with Crippen molar-refractivity contribution < 1.29 is 9.21 Å². The number of aryl methyl sites for hydroxylation is 1. The van der Waals surface area contributed by atoms with E-state index in [1.54, 1.807) is 18.2 Å². The molecule has 0 unspecified atom stereocenters. The monoisotopic (exact) mass is 283 g/mol. The highest BCUT2D eigenvalue weighted by atomic mass is 16.4. The predicted molar refractivity (Wildman–Crippen MR) is 80.7 cm³/mol. The van der Waals surface area contributed by atoms with E-state index in [1.165, 1.54) is 0 Å². The van der Waals surface area contributed by atoms with Crippen LogP contribution in [0.3, 0.4) is 0 Å². The molecular weight excluding hydrogens is 270 g/mol. The van der Waals surface area contributed by atoms with Gasteiger partial charge in [0.1, 0.15) is 0 Å². The number of nitrogens with one attached hydrogen (secondary N) is 3. The Morgan fingerprint density at radius 2 is 1.95 bits per heavy atom. The zero-order valence-electron chi connectivity index (χ0n) is 11.3. The highest BCUT2D eigenvalue weighted by Crippen LogP contribution is 2.17. The van der Waals surface area contributed by atoms with Gasteiger partial charge in [0, 0.05) is 17.4 Å². The first-order valence-electron chi connectivity index (χ1n) is 6.38. The van der Waals surface area contributed by atoms with Crippen molar-refractivity contribution in [3.63, 3.8) is 0 Å². The van der Waals surface area contributed by atoms with E-state index in [-0.39, 0.29) is 6.03 Å². The van der Waals surface area contributed by atoms with Crippen LogP contribution in [0, 0.1) is 6.92 Å². The van der Waals surface area contributed by atoms with Crippen LogP contribution in [-0.4, -0.2) is 11.0 Å². The first-order chi connectivity index (χ1) is 10.1. The number of carbonyl (C=O) groups excluding carboxylic acids is 1. The number of aromatic nitrogens is 1. The van der Waals surface area contributed by atoms with Gasteiger partial charge in [0.05, 0.1) is 5.52 Å². The van der Waals surface area contributed by atoms with Gasteiger partial charge >= 0.3 is 11.8 Å². The largest absolute Gasteiger partial charge is 0.417 e. The third-order valence-electron chi connectivity index (χ3n) is 3.07. The maximum atomic E-state index is 12.0. The second-order valence-electron chi connectivity index (χ2n) is 4.62. The van der Waals surface area contributed by atoms with Crippen molar-refractivity contribution >= 4 is 28.5 Å². The summed E-state index contributed by atoms with van der Waals surface area (Å²) in [7, 11) is 0. The van der Waals surface area contributed by atoms with E-state index in [1.807, 2.05) is 31.2 Å². The lowest BCUT2D eigenvalue weighted by Gasteiger charge is -2.09. The second-order valence-corrected chi connectivity index (χ2v) is 4.62. The Morgan fingerprint density at radius 3 is 2.76 bits per heavy atom. The molecule has 2 amide bonds. The average Bonchev–Trinajstić information content (AvgIpc) is 2.80. The number of benzene rings is 2. The zero-order chi connectivity index (χ0) is 14.8. The Hall–Kier alpha value is -3.02. The van der Waals surface area contributed by atoms with E-state index in [0.717, 1.165) is 11.3 Å². The van der Waals surface area contributed by atoms with E-state index in [2.05, 4.69) is 15.6 Å². The molecule has 21 heavy (non-hydrogen) atoms. The zero-order valence-corrected chi connectivity index (χ0v) is 11.3. The molecule has 3 aromatic rings. The smallest absolute Gasteiger partial charge is 0.408 e. The molecule has 0 spiro atoms. The number of urea groups is 1. The highest BCUT2D eigenvalue weighted by molar-refractivity contribution is 6.01. The summed E-state index contributed by atoms with van der Waals surface area (Å²) in [6.07, 6.45) is 0. The maximum Gasteiger partial charge on any atom is 0.417 e. The van der Waals surface area contributed by atoms with Crippen LogP contribution in [0.2, 0.25) is 0 Å². The van der Waals surface area contributed by atoms with Gasteiger partial charge in [-0.1, -0.05) is 18.2 Å². The fraction of sp³-hybridized carbons (Fsp3) is 0.0667. The molecule has 0 aliphatic heterocycles. The number of hydrogen-bond acceptors (Lipinski definition) is 3. The normalized spacial score (nSPS) is 10.5. The molecule has 6 heteroatoms. The van der Waals surface area contributed by atoms with Gasteiger partial charge in [-0.25, -0.2) is 9.59 Å². The minimum absolute atomic E-state index is 0.360. The molecule has 0 atom stereocenters. The fourth-order valence-electron chi connectivity index (χ4n) is 2.02. The number of fused-ring (bicyclic) bond motifs is 1. The number of H-pyrrole nitrogens is 1. The molecule has 3 rings (SSSR count). The minimum atomic E-state index is -0.522. The van der Waals surface area contributed by atoms with Crippen LogP contribution in [0.15, 0.2) is 51.7 Å². The average molecular weight is 283 g/mol. The molecule has 0 saturated heterocycles. The summed E-state index contributed by atoms with van der Waals surface area (Å²) >= 11 is 0. The van der Waals surface area contributed by atoms with Gasteiger partial charge in [-0.3, -0.25) is 4.98 Å². The molecule has 0 saturated carbocycles. The van der Waals surface area contributed by atoms with Crippen LogP contribution >= 0.6 is 0 Å². The lowest BCUT2D eigenvalue weighted by molar-refractivity contribution is 0.262.